The summed E-state index contributed by atoms with van der Waals surface area (Å²) in [5.74, 6) is 2.13. The van der Waals surface area contributed by atoms with Crippen LogP contribution in [0.1, 0.15) is 48.9 Å². The summed E-state index contributed by atoms with van der Waals surface area (Å²) in [5, 5.41) is 0. The van der Waals surface area contributed by atoms with Crippen molar-refractivity contribution in [3.05, 3.63) is 59.5 Å². The molecule has 6 heteroatoms. The van der Waals surface area contributed by atoms with E-state index >= 15 is 0 Å². The largest absolute Gasteiger partial charge is 0.497 e. The zero-order valence-electron chi connectivity index (χ0n) is 18.8. The lowest BCUT2D eigenvalue weighted by molar-refractivity contribution is -0.132. The molecule has 6 nitrogen and oxygen atoms in total. The van der Waals surface area contributed by atoms with Gasteiger partial charge in [0.2, 0.25) is 5.91 Å². The molecule has 0 N–H and O–H groups in total. The van der Waals surface area contributed by atoms with Crippen molar-refractivity contribution >= 4 is 11.6 Å². The van der Waals surface area contributed by atoms with Gasteiger partial charge in [-0.25, -0.2) is 4.98 Å². The summed E-state index contributed by atoms with van der Waals surface area (Å²) in [7, 11) is 3.29. The number of carbonyl (C=O) groups excluding carboxylic acids is 1. The quantitative estimate of drug-likeness (QED) is 0.590. The minimum absolute atomic E-state index is 0.159. The number of methoxy groups -OCH3 is 2. The zero-order valence-corrected chi connectivity index (χ0v) is 18.8. The molecule has 0 radical (unpaired) electrons. The molecule has 164 valence electrons. The predicted molar refractivity (Wildman–Crippen MR) is 121 cm³/mol. The van der Waals surface area contributed by atoms with E-state index in [9.17, 15) is 4.79 Å². The number of hydrogen-bond donors (Lipinski definition) is 0. The van der Waals surface area contributed by atoms with Gasteiger partial charge in [0.15, 0.2) is 0 Å². The summed E-state index contributed by atoms with van der Waals surface area (Å²) in [6.45, 7) is 5.98. The van der Waals surface area contributed by atoms with Crippen molar-refractivity contribution in [3.8, 4) is 11.5 Å². The fraction of sp³-hybridized carbons (Fsp3) is 0.440. The number of piperidine rings is 1. The highest BCUT2D eigenvalue weighted by atomic mass is 16.5. The number of aryl methyl sites for hydroxylation is 1. The number of amides is 1. The molecule has 1 aliphatic heterocycles. The summed E-state index contributed by atoms with van der Waals surface area (Å²) in [5.41, 5.74) is 4.01. The van der Waals surface area contributed by atoms with Gasteiger partial charge in [0, 0.05) is 43.9 Å². The van der Waals surface area contributed by atoms with Crippen molar-refractivity contribution in [2.45, 2.75) is 39.0 Å². The van der Waals surface area contributed by atoms with Crippen molar-refractivity contribution in [1.82, 2.24) is 14.3 Å². The molecule has 3 heterocycles. The normalized spacial score (nSPS) is 15.8. The van der Waals surface area contributed by atoms with Crippen LogP contribution in [0.2, 0.25) is 0 Å². The summed E-state index contributed by atoms with van der Waals surface area (Å²) < 4.78 is 13.1. The molecule has 1 unspecified atom stereocenters. The van der Waals surface area contributed by atoms with Crippen molar-refractivity contribution < 1.29 is 14.3 Å². The Morgan fingerprint density at radius 1 is 1.13 bits per heavy atom. The van der Waals surface area contributed by atoms with E-state index in [2.05, 4.69) is 35.4 Å². The second-order valence-corrected chi connectivity index (χ2v) is 8.58. The monoisotopic (exact) mass is 421 g/mol. The fourth-order valence-corrected chi connectivity index (χ4v) is 4.35. The van der Waals surface area contributed by atoms with E-state index in [0.717, 1.165) is 48.4 Å². The zero-order chi connectivity index (χ0) is 22.0. The van der Waals surface area contributed by atoms with Crippen LogP contribution in [0.3, 0.4) is 0 Å². The molecular weight excluding hydrogens is 390 g/mol. The first-order valence-corrected chi connectivity index (χ1v) is 10.9. The molecule has 1 fully saturated rings. The van der Waals surface area contributed by atoms with Crippen molar-refractivity contribution in [1.29, 1.82) is 0 Å². The van der Waals surface area contributed by atoms with Crippen LogP contribution in [0.5, 0.6) is 11.5 Å². The van der Waals surface area contributed by atoms with Gasteiger partial charge >= 0.3 is 0 Å². The Hall–Kier alpha value is -3.02. The number of pyridine rings is 1. The van der Waals surface area contributed by atoms with Crippen LogP contribution in [0.4, 0.5) is 0 Å². The predicted octanol–water partition coefficient (Wildman–Crippen LogP) is 4.44. The highest BCUT2D eigenvalue weighted by Crippen LogP contribution is 2.35. The van der Waals surface area contributed by atoms with Crippen LogP contribution in [0.25, 0.3) is 5.65 Å². The number of imidazole rings is 1. The molecule has 1 amide bonds. The number of hydrogen-bond acceptors (Lipinski definition) is 4. The van der Waals surface area contributed by atoms with E-state index < -0.39 is 0 Å². The van der Waals surface area contributed by atoms with Gasteiger partial charge < -0.3 is 18.8 Å². The SMILES string of the molecule is COc1cc(OC)cc(C(CC(=O)N2CCC(C)CC2)c2cnc3cc(C)ccn23)c1. The van der Waals surface area contributed by atoms with Crippen LogP contribution in [0.15, 0.2) is 42.7 Å². The lowest BCUT2D eigenvalue weighted by Crippen LogP contribution is -2.38. The number of rotatable bonds is 6. The molecule has 1 atom stereocenters. The molecule has 2 aromatic heterocycles. The average Bonchev–Trinajstić information content (AvgIpc) is 3.20. The van der Waals surface area contributed by atoms with Gasteiger partial charge in [0.05, 0.1) is 19.9 Å². The average molecular weight is 422 g/mol. The number of nitrogens with zero attached hydrogens (tertiary/aromatic N) is 3. The van der Waals surface area contributed by atoms with E-state index in [1.54, 1.807) is 14.2 Å². The molecule has 3 aromatic rings. The van der Waals surface area contributed by atoms with Gasteiger partial charge in [-0.15, -0.1) is 0 Å². The maximum absolute atomic E-state index is 13.3. The number of ether oxygens (including phenoxy) is 2. The van der Waals surface area contributed by atoms with E-state index in [-0.39, 0.29) is 11.8 Å². The lowest BCUT2D eigenvalue weighted by atomic mass is 9.90. The molecule has 0 spiro atoms. The standard InChI is InChI=1S/C25H31N3O3/c1-17-5-8-27(9-6-17)25(29)15-22(19-12-20(30-3)14-21(13-19)31-4)23-16-26-24-11-18(2)7-10-28(23)24/h7,10-14,16-17,22H,5-6,8-9,15H2,1-4H3. The van der Waals surface area contributed by atoms with Crippen molar-refractivity contribution in [2.75, 3.05) is 27.3 Å². The highest BCUT2D eigenvalue weighted by Gasteiger charge is 2.27. The third kappa shape index (κ3) is 4.53. The number of aromatic nitrogens is 2. The Bertz CT molecular complexity index is 1040. The molecule has 1 saturated heterocycles. The van der Waals surface area contributed by atoms with Gasteiger partial charge in [0.25, 0.3) is 0 Å². The van der Waals surface area contributed by atoms with Crippen LogP contribution in [0, 0.1) is 12.8 Å². The van der Waals surface area contributed by atoms with Gasteiger partial charge in [-0.05, 0) is 61.1 Å². The minimum Gasteiger partial charge on any atom is -0.497 e. The van der Waals surface area contributed by atoms with Gasteiger partial charge in [-0.2, -0.15) is 0 Å². The second kappa shape index (κ2) is 9.00. The lowest BCUT2D eigenvalue weighted by Gasteiger charge is -2.31. The Labute approximate surface area is 183 Å². The maximum atomic E-state index is 13.3. The van der Waals surface area contributed by atoms with Crippen molar-refractivity contribution in [2.24, 2.45) is 5.92 Å². The topological polar surface area (TPSA) is 56.1 Å². The van der Waals surface area contributed by atoms with Crippen LogP contribution in [-0.2, 0) is 4.79 Å². The molecule has 1 aliphatic rings. The molecule has 0 aliphatic carbocycles. The number of benzene rings is 1. The second-order valence-electron chi connectivity index (χ2n) is 8.58. The Balaban J connectivity index is 1.74. The summed E-state index contributed by atoms with van der Waals surface area (Å²) in [4.78, 5) is 19.9. The van der Waals surface area contributed by atoms with E-state index in [1.807, 2.05) is 35.5 Å². The van der Waals surface area contributed by atoms with E-state index in [0.29, 0.717) is 23.8 Å². The third-order valence-electron chi connectivity index (χ3n) is 6.35. The molecule has 0 bridgehead atoms. The number of fused-ring (bicyclic) bond motifs is 1. The van der Waals surface area contributed by atoms with Crippen LogP contribution >= 0.6 is 0 Å². The highest BCUT2D eigenvalue weighted by molar-refractivity contribution is 5.78. The van der Waals surface area contributed by atoms with E-state index in [1.165, 1.54) is 0 Å². The first kappa shape index (κ1) is 21.2. The summed E-state index contributed by atoms with van der Waals surface area (Å²) in [6, 6.07) is 9.96. The Kier molecular flexibility index (Phi) is 6.16. The minimum atomic E-state index is -0.159. The maximum Gasteiger partial charge on any atom is 0.223 e. The number of carbonyl (C=O) groups is 1. The summed E-state index contributed by atoms with van der Waals surface area (Å²) in [6.07, 6.45) is 6.43. The first-order chi connectivity index (χ1) is 15.0. The van der Waals surface area contributed by atoms with Crippen LogP contribution < -0.4 is 9.47 Å². The van der Waals surface area contributed by atoms with Gasteiger partial charge in [0.1, 0.15) is 17.1 Å². The Morgan fingerprint density at radius 3 is 2.45 bits per heavy atom. The molecule has 0 saturated carbocycles. The van der Waals surface area contributed by atoms with E-state index in [4.69, 9.17) is 9.47 Å². The molecular formula is C25H31N3O3. The van der Waals surface area contributed by atoms with Gasteiger partial charge in [-0.3, -0.25) is 4.79 Å². The fourth-order valence-electron chi connectivity index (χ4n) is 4.35. The first-order valence-electron chi connectivity index (χ1n) is 10.9. The van der Waals surface area contributed by atoms with Crippen LogP contribution in [-0.4, -0.2) is 47.5 Å². The van der Waals surface area contributed by atoms with Gasteiger partial charge in [-0.1, -0.05) is 6.92 Å². The Morgan fingerprint density at radius 2 is 1.81 bits per heavy atom. The number of likely N-dealkylation sites (tertiary alicyclic amines) is 1. The third-order valence-corrected chi connectivity index (χ3v) is 6.35. The molecule has 31 heavy (non-hydrogen) atoms. The molecule has 1 aromatic carbocycles. The molecule has 4 rings (SSSR count). The summed E-state index contributed by atoms with van der Waals surface area (Å²) >= 11 is 0. The smallest absolute Gasteiger partial charge is 0.223 e. The van der Waals surface area contributed by atoms with Crippen molar-refractivity contribution in [3.63, 3.8) is 0 Å².